The number of carbonyl (C=O) groups is 4. The van der Waals surface area contributed by atoms with Gasteiger partial charge in [-0.05, 0) is 295 Å². The highest BCUT2D eigenvalue weighted by Crippen LogP contribution is 2.41. The first kappa shape index (κ1) is 87.3. The van der Waals surface area contributed by atoms with Crippen LogP contribution in [0.15, 0.2) is 109 Å². The molecule has 28 nitrogen and oxygen atoms in total. The lowest BCUT2D eigenvalue weighted by Crippen LogP contribution is -2.43. The van der Waals surface area contributed by atoms with Crippen molar-refractivity contribution in [2.45, 2.75) is 152 Å². The number of fused-ring (bicyclic) bond motifs is 20. The highest BCUT2D eigenvalue weighted by atomic mass is 16.2. The first-order valence-electron chi connectivity index (χ1n) is 45.0. The van der Waals surface area contributed by atoms with Gasteiger partial charge in [0.15, 0.2) is 22.6 Å². The summed E-state index contributed by atoms with van der Waals surface area (Å²) >= 11 is 0. The van der Waals surface area contributed by atoms with Gasteiger partial charge in [0, 0.05) is 170 Å². The van der Waals surface area contributed by atoms with E-state index in [1.54, 1.807) is 14.1 Å². The average Bonchev–Trinajstić information content (AvgIpc) is 1.56. The van der Waals surface area contributed by atoms with Crippen molar-refractivity contribution in [3.8, 4) is 0 Å². The average molecular weight is 1720 g/mol. The van der Waals surface area contributed by atoms with E-state index < -0.39 is 0 Å². The molecule has 16 heterocycles. The van der Waals surface area contributed by atoms with Gasteiger partial charge in [-0.25, -0.2) is 39.9 Å². The van der Waals surface area contributed by atoms with Crippen molar-refractivity contribution in [1.29, 1.82) is 0 Å². The molecule has 0 bridgehead atoms. The molecular formula is C100H120N24O4. The summed E-state index contributed by atoms with van der Waals surface area (Å²) in [5.74, 6) is -0.508. The highest BCUT2D eigenvalue weighted by molar-refractivity contribution is 6.12. The van der Waals surface area contributed by atoms with Crippen LogP contribution in [-0.2, 0) is 0 Å². The molecule has 0 radical (unpaired) electrons. The van der Waals surface area contributed by atoms with Gasteiger partial charge in [-0.15, -0.1) is 0 Å². The van der Waals surface area contributed by atoms with Crippen molar-refractivity contribution in [2.75, 3.05) is 135 Å². The summed E-state index contributed by atoms with van der Waals surface area (Å²) in [6, 6.07) is 38.9. The Morgan fingerprint density at radius 2 is 0.688 bits per heavy atom. The number of pyridine rings is 8. The first-order chi connectivity index (χ1) is 61.3. The Morgan fingerprint density at radius 3 is 1.01 bits per heavy atom. The number of benzene rings is 4. The van der Waals surface area contributed by atoms with E-state index in [-0.39, 0.29) is 35.7 Å². The molecule has 0 saturated carbocycles. The molecule has 16 aromatic rings. The number of piperidine rings is 1. The Kier molecular flexibility index (Phi) is 23.7. The second kappa shape index (κ2) is 34.8. The lowest BCUT2D eigenvalue weighted by molar-refractivity contribution is 0.0938. The highest BCUT2D eigenvalue weighted by Gasteiger charge is 2.34. The Labute approximate surface area is 746 Å². The molecule has 0 aliphatic carbocycles. The lowest BCUT2D eigenvalue weighted by Gasteiger charge is -2.33. The minimum atomic E-state index is -0.158. The number of likely N-dealkylation sites (N-methyl/N-ethyl adjacent to an activating group) is 3. The summed E-state index contributed by atoms with van der Waals surface area (Å²) in [6.45, 7) is 34.8. The zero-order valence-electron chi connectivity index (χ0n) is 77.9. The third kappa shape index (κ3) is 16.0. The second-order valence-electron chi connectivity index (χ2n) is 36.7. The third-order valence-electron chi connectivity index (χ3n) is 26.6. The molecule has 4 amide bonds. The quantitative estimate of drug-likeness (QED) is 0.0717. The number of para-hydroxylation sites is 2. The number of anilines is 4. The van der Waals surface area contributed by atoms with Crippen molar-refractivity contribution < 1.29 is 19.2 Å². The number of amides is 4. The summed E-state index contributed by atoms with van der Waals surface area (Å²) in [7, 11) is 16.2. The lowest BCUT2D eigenvalue weighted by atomic mass is 10.0. The van der Waals surface area contributed by atoms with Gasteiger partial charge in [0.2, 0.25) is 0 Å². The van der Waals surface area contributed by atoms with Gasteiger partial charge in [0.25, 0.3) is 23.6 Å². The van der Waals surface area contributed by atoms with E-state index in [1.165, 1.54) is 33.4 Å². The van der Waals surface area contributed by atoms with E-state index >= 15 is 0 Å². The van der Waals surface area contributed by atoms with Crippen molar-refractivity contribution in [1.82, 2.24) is 93.4 Å². The molecule has 4 fully saturated rings. The Balaban J connectivity index is 0.000000120. The van der Waals surface area contributed by atoms with E-state index in [4.69, 9.17) is 45.6 Å². The van der Waals surface area contributed by atoms with Gasteiger partial charge >= 0.3 is 0 Å². The summed E-state index contributed by atoms with van der Waals surface area (Å²) in [5, 5.41) is 15.5. The largest absolute Gasteiger partial charge is 0.369 e. The summed E-state index contributed by atoms with van der Waals surface area (Å²) in [5.41, 5.74) is 37.3. The van der Waals surface area contributed by atoms with Crippen LogP contribution in [0.2, 0.25) is 0 Å². The number of aryl methyl sites for hydroxylation is 10. The molecule has 20 rings (SSSR count). The van der Waals surface area contributed by atoms with Crippen LogP contribution in [0.3, 0.4) is 0 Å². The maximum absolute atomic E-state index is 13.4. The fourth-order valence-electron chi connectivity index (χ4n) is 19.2. The number of imidazole rings is 4. The van der Waals surface area contributed by atoms with Crippen molar-refractivity contribution in [3.63, 3.8) is 0 Å². The van der Waals surface area contributed by atoms with Crippen LogP contribution in [-0.4, -0.2) is 241 Å². The number of nitrogens with two attached hydrogens (primary N) is 1. The molecule has 6 N–H and O–H groups in total. The van der Waals surface area contributed by atoms with Crippen molar-refractivity contribution in [3.05, 3.63) is 188 Å². The van der Waals surface area contributed by atoms with Gasteiger partial charge in [-0.3, -0.25) is 36.8 Å². The van der Waals surface area contributed by atoms with Crippen molar-refractivity contribution in [2.24, 2.45) is 5.73 Å². The fourth-order valence-corrected chi connectivity index (χ4v) is 19.2. The number of hydrogen-bond donors (Lipinski definition) is 5. The van der Waals surface area contributed by atoms with E-state index in [0.717, 1.165) is 218 Å². The van der Waals surface area contributed by atoms with Crippen LogP contribution in [0.1, 0.15) is 150 Å². The normalized spacial score (nSPS) is 16.8. The van der Waals surface area contributed by atoms with E-state index in [9.17, 15) is 19.2 Å². The minimum absolute atomic E-state index is 0.0344. The number of nitrogens with one attached hydrogen (secondary N) is 4. The van der Waals surface area contributed by atoms with Crippen LogP contribution >= 0.6 is 0 Å². The van der Waals surface area contributed by atoms with Gasteiger partial charge in [-0.1, -0.05) is 12.1 Å². The molecule has 4 atom stereocenters. The molecule has 12 aromatic heterocycles. The number of aromatic nitrogens is 12. The minimum Gasteiger partial charge on any atom is -0.369 e. The van der Waals surface area contributed by atoms with Crippen molar-refractivity contribution >= 4 is 157 Å². The van der Waals surface area contributed by atoms with E-state index in [1.807, 2.05) is 101 Å². The molecule has 0 unspecified atom stereocenters. The van der Waals surface area contributed by atoms with Crippen LogP contribution in [0.4, 0.5) is 22.7 Å². The molecule has 28 heteroatoms. The molecular weight excluding hydrogens is 1600 g/mol. The molecule has 664 valence electrons. The van der Waals surface area contributed by atoms with E-state index in [2.05, 4.69) is 213 Å². The molecule has 0 spiro atoms. The summed E-state index contributed by atoms with van der Waals surface area (Å²) in [6.07, 6.45) is 5.45. The van der Waals surface area contributed by atoms with E-state index in [0.29, 0.717) is 69.5 Å². The molecule has 128 heavy (non-hydrogen) atoms. The Bertz CT molecular complexity index is 7180. The number of nitrogens with zero attached hydrogens (tertiary/aromatic N) is 19. The number of hydrogen-bond acceptors (Lipinski definition) is 20. The molecule has 4 aliphatic heterocycles. The summed E-state index contributed by atoms with van der Waals surface area (Å²) < 4.78 is 8.24. The Morgan fingerprint density at radius 1 is 0.375 bits per heavy atom. The number of rotatable bonds is 13. The van der Waals surface area contributed by atoms with Crippen LogP contribution < -0.4 is 46.6 Å². The van der Waals surface area contributed by atoms with Gasteiger partial charge < -0.3 is 61.3 Å². The smallest absolute Gasteiger partial charge is 0.255 e. The zero-order chi connectivity index (χ0) is 90.6. The van der Waals surface area contributed by atoms with Crippen LogP contribution in [0, 0.1) is 69.2 Å². The maximum Gasteiger partial charge on any atom is 0.255 e. The van der Waals surface area contributed by atoms with Gasteiger partial charge in [-0.2, -0.15) is 0 Å². The topological polar surface area (TPSA) is 286 Å². The third-order valence-corrected chi connectivity index (χ3v) is 26.6. The van der Waals surface area contributed by atoms with Gasteiger partial charge in [0.1, 0.15) is 22.6 Å². The second-order valence-corrected chi connectivity index (χ2v) is 36.7. The first-order valence-corrected chi connectivity index (χ1v) is 45.0. The molecule has 4 aromatic carbocycles. The van der Waals surface area contributed by atoms with Gasteiger partial charge in [0.05, 0.1) is 66.4 Å². The maximum atomic E-state index is 13.4. The zero-order valence-corrected chi connectivity index (χ0v) is 77.9. The fraction of sp³-hybridized carbons (Fsp3) is 0.400. The number of carbonyl (C=O) groups excluding carboxylic acids is 4. The molecule has 4 aliphatic rings. The summed E-state index contributed by atoms with van der Waals surface area (Å²) in [4.78, 5) is 108. The monoisotopic (exact) mass is 1720 g/mol. The van der Waals surface area contributed by atoms with Crippen LogP contribution in [0.25, 0.3) is 111 Å². The predicted octanol–water partition coefficient (Wildman–Crippen LogP) is 14.2. The molecule has 4 saturated heterocycles. The SMILES string of the molecule is CCNC(=O)c1cc2c(N3CC[C@H](N(C)C)C3)cc(C)nc2n2c1nc1cc(C)c(C)cc12.CNC(=O)c1cc2c(N3CCC[C@@H](N)C3)cc(C)nc2n2c1nc1ccccc12.CNC(=O)c1cc2c(N3CC[C@H](N(C)C)C3)cc(C)nc2n2c1nc1cc(C)c(C)cc12.Cc1cc(N2CC[C@H](N(C)C)C2)c2cc(C(=O)NC(C)C)c3nc4cc(C)c(C)cc4n3c2n1. The van der Waals surface area contributed by atoms with Crippen LogP contribution in [0.5, 0.6) is 0 Å². The standard InChI is InChI=1S/C27H34N6O.C26H32N6O.C25H30N6O.C22H24N6O/c1-15(2)28-27(34)21-13-20-23(32-9-8-19(14-32)31(6)7)12-18(5)29-25(20)33-24-11-17(4)16(3)10-22(24)30-26(21)33;1-7-27-26(33)20-13-19-22(31-9-8-18(14-31)30(5)6)12-17(4)28-24(19)32-23-11-16(3)15(2)10-21(23)29-25(20)32;1-14-9-20-22(10-15(14)2)31-23-18(12-19(24(31)28-20)25(32)26-4)21(11-16(3)27-23)30-8-7-17(13-30)29(5)6;1-13-10-19(27-9-5-6-14(23)12-27)15-11-16(22(29)24-2)21-26-17-7-3-4-8-18(17)28(21)20(15)25-13/h10-13,15,19H,8-9,14H2,1-7H3,(H,28,34);10-13,18H,7-9,14H2,1-6H3,(H,27,33);9-12,17H,7-8,13H2,1-6H3,(H,26,32);3-4,7-8,10-11,14H,5-6,9,12,23H2,1-2H3,(H,24,29)/t19-;18-;17-;14-/m0001/s1. The Hall–Kier alpha value is -12.8. The predicted molar refractivity (Wildman–Crippen MR) is 519 cm³/mol.